The van der Waals surface area contributed by atoms with Crippen molar-refractivity contribution in [2.45, 2.75) is 50.7 Å². The fourth-order valence-corrected chi connectivity index (χ4v) is 4.76. The van der Waals surface area contributed by atoms with Crippen LogP contribution in [0.4, 0.5) is 22.0 Å². The number of carbonyl (C=O) groups excluding carboxylic acids is 1. The van der Waals surface area contributed by atoms with Crippen LogP contribution < -0.4 is 16.9 Å². The van der Waals surface area contributed by atoms with Gasteiger partial charge in [-0.05, 0) is 67.9 Å². The molecule has 5 rings (SSSR count). The molecule has 1 fully saturated rings. The third-order valence-corrected chi connectivity index (χ3v) is 7.06. The fraction of sp³-hybridized carbons (Fsp3) is 0.310. The average Bonchev–Trinajstić information content (AvgIpc) is 3.74. The lowest BCUT2D eigenvalue weighted by molar-refractivity contribution is -0.137. The Balaban J connectivity index is 1.16. The van der Waals surface area contributed by atoms with Gasteiger partial charge in [0.05, 0.1) is 11.3 Å². The van der Waals surface area contributed by atoms with E-state index in [1.807, 2.05) is 6.07 Å². The number of aryl methyl sites for hydroxylation is 1. The first-order valence-electron chi connectivity index (χ1n) is 13.6. The van der Waals surface area contributed by atoms with Gasteiger partial charge in [-0.15, -0.1) is 5.10 Å². The molecule has 3 aromatic heterocycles. The number of nitrogens with two attached hydrogens (primary N) is 2. The first-order valence-corrected chi connectivity index (χ1v) is 13.6. The number of pyridine rings is 1. The van der Waals surface area contributed by atoms with Crippen molar-refractivity contribution in [3.8, 4) is 11.1 Å². The van der Waals surface area contributed by atoms with Crippen molar-refractivity contribution in [1.29, 1.82) is 0 Å². The SMILES string of the molecule is N/C(=C\N(N)CCCCc1cc2c(-c3ccc(F)cc3F)c(C3CC3)[nH]c2nn1)C(=O)NCc1cncc(C(F)(F)F)c1. The van der Waals surface area contributed by atoms with Crippen LogP contribution in [0.2, 0.25) is 0 Å². The van der Waals surface area contributed by atoms with Crippen molar-refractivity contribution in [1.82, 2.24) is 30.5 Å². The standard InChI is InChI=1S/C29H29F5N8O/c30-19-6-7-21(23(31)10-19)25-22-11-20(40-41-27(22)39-26(25)17-4-5-17)3-1-2-8-42(36)15-24(35)28(43)38-13-16-9-18(14-37-12-16)29(32,33)34/h6-7,9-12,14-15,17H,1-5,8,13,35-36H2,(H,38,43)(H,39,41)/b24-15-. The zero-order chi connectivity index (χ0) is 30.7. The molecular weight excluding hydrogens is 571 g/mol. The smallest absolute Gasteiger partial charge is 0.393 e. The molecule has 1 saturated carbocycles. The van der Waals surface area contributed by atoms with E-state index in [9.17, 15) is 26.7 Å². The Kier molecular flexibility index (Phi) is 8.57. The van der Waals surface area contributed by atoms with Crippen molar-refractivity contribution in [3.05, 3.63) is 88.8 Å². The predicted octanol–water partition coefficient (Wildman–Crippen LogP) is 4.81. The van der Waals surface area contributed by atoms with Gasteiger partial charge in [-0.3, -0.25) is 9.78 Å². The van der Waals surface area contributed by atoms with E-state index in [2.05, 4.69) is 25.5 Å². The minimum Gasteiger partial charge on any atom is -0.393 e. The number of hydrogen-bond donors (Lipinski definition) is 4. The Hall–Kier alpha value is -4.59. The molecule has 9 nitrogen and oxygen atoms in total. The van der Waals surface area contributed by atoms with Crippen molar-refractivity contribution in [2.24, 2.45) is 11.6 Å². The summed E-state index contributed by atoms with van der Waals surface area (Å²) in [5.74, 6) is 4.25. The van der Waals surface area contributed by atoms with Crippen molar-refractivity contribution < 1.29 is 26.7 Å². The molecule has 226 valence electrons. The van der Waals surface area contributed by atoms with Gasteiger partial charge in [0.15, 0.2) is 5.65 Å². The predicted molar refractivity (Wildman–Crippen MR) is 148 cm³/mol. The number of benzene rings is 1. The van der Waals surface area contributed by atoms with E-state index in [1.165, 1.54) is 29.5 Å². The van der Waals surface area contributed by atoms with Crippen molar-refractivity contribution in [2.75, 3.05) is 6.54 Å². The highest BCUT2D eigenvalue weighted by Gasteiger charge is 2.32. The number of carbonyl (C=O) groups is 1. The minimum atomic E-state index is -4.54. The van der Waals surface area contributed by atoms with Gasteiger partial charge in [-0.2, -0.15) is 18.3 Å². The number of amides is 1. The molecule has 0 unspecified atom stereocenters. The van der Waals surface area contributed by atoms with E-state index in [1.54, 1.807) is 0 Å². The van der Waals surface area contributed by atoms with Gasteiger partial charge in [0, 0.05) is 60.0 Å². The summed E-state index contributed by atoms with van der Waals surface area (Å²) >= 11 is 0. The van der Waals surface area contributed by atoms with Crippen LogP contribution in [0.3, 0.4) is 0 Å². The fourth-order valence-electron chi connectivity index (χ4n) is 4.76. The number of halogens is 5. The van der Waals surface area contributed by atoms with Crippen LogP contribution in [-0.2, 0) is 23.9 Å². The number of nitrogens with one attached hydrogen (secondary N) is 2. The highest BCUT2D eigenvalue weighted by molar-refractivity contribution is 5.96. The van der Waals surface area contributed by atoms with E-state index in [4.69, 9.17) is 11.6 Å². The third kappa shape index (κ3) is 7.25. The second-order valence-corrected chi connectivity index (χ2v) is 10.5. The van der Waals surface area contributed by atoms with Gasteiger partial charge < -0.3 is 21.0 Å². The Morgan fingerprint density at radius 2 is 1.91 bits per heavy atom. The molecule has 0 saturated heterocycles. The van der Waals surface area contributed by atoms with Crippen LogP contribution in [0.15, 0.2) is 54.6 Å². The Labute approximate surface area is 243 Å². The van der Waals surface area contributed by atoms with Gasteiger partial charge in [-0.25, -0.2) is 14.6 Å². The number of hydrogen-bond acceptors (Lipinski definition) is 7. The molecule has 0 radical (unpaired) electrons. The second-order valence-electron chi connectivity index (χ2n) is 10.5. The lowest BCUT2D eigenvalue weighted by Crippen LogP contribution is -2.33. The largest absolute Gasteiger partial charge is 0.417 e. The zero-order valence-corrected chi connectivity index (χ0v) is 22.9. The van der Waals surface area contributed by atoms with E-state index in [0.29, 0.717) is 54.5 Å². The third-order valence-electron chi connectivity index (χ3n) is 7.06. The number of rotatable bonds is 11. The molecular formula is C29H29F5N8O. The second kappa shape index (κ2) is 12.3. The topological polar surface area (TPSA) is 139 Å². The van der Waals surface area contributed by atoms with E-state index >= 15 is 0 Å². The van der Waals surface area contributed by atoms with Gasteiger partial charge in [-0.1, -0.05) is 0 Å². The highest BCUT2D eigenvalue weighted by Crippen LogP contribution is 2.47. The van der Waals surface area contributed by atoms with Crippen molar-refractivity contribution >= 4 is 16.9 Å². The summed E-state index contributed by atoms with van der Waals surface area (Å²) in [5.41, 5.74) is 7.95. The number of unbranched alkanes of at least 4 members (excludes halogenated alkanes) is 1. The van der Waals surface area contributed by atoms with Gasteiger partial charge in [0.1, 0.15) is 17.3 Å². The van der Waals surface area contributed by atoms with Gasteiger partial charge >= 0.3 is 6.18 Å². The number of H-pyrrole nitrogens is 1. The summed E-state index contributed by atoms with van der Waals surface area (Å²) < 4.78 is 66.9. The maximum absolute atomic E-state index is 14.8. The first-order chi connectivity index (χ1) is 20.5. The van der Waals surface area contributed by atoms with E-state index in [-0.39, 0.29) is 23.7 Å². The summed E-state index contributed by atoms with van der Waals surface area (Å²) in [5, 5.41) is 13.0. The zero-order valence-electron chi connectivity index (χ0n) is 22.9. The Morgan fingerprint density at radius 3 is 2.63 bits per heavy atom. The lowest BCUT2D eigenvalue weighted by Gasteiger charge is -2.15. The van der Waals surface area contributed by atoms with Crippen LogP contribution >= 0.6 is 0 Å². The molecule has 6 N–H and O–H groups in total. The van der Waals surface area contributed by atoms with Crippen LogP contribution in [-0.4, -0.2) is 37.6 Å². The number of nitrogens with zero attached hydrogens (tertiary/aromatic N) is 4. The Morgan fingerprint density at radius 1 is 1.12 bits per heavy atom. The summed E-state index contributed by atoms with van der Waals surface area (Å²) in [4.78, 5) is 19.1. The summed E-state index contributed by atoms with van der Waals surface area (Å²) in [6.07, 6.45) is 2.41. The van der Waals surface area contributed by atoms with Crippen molar-refractivity contribution in [3.63, 3.8) is 0 Å². The average molecular weight is 601 g/mol. The lowest BCUT2D eigenvalue weighted by atomic mass is 9.99. The number of aromatic nitrogens is 4. The maximum atomic E-state index is 14.8. The van der Waals surface area contributed by atoms with Crippen LogP contribution in [0.5, 0.6) is 0 Å². The molecule has 1 aliphatic carbocycles. The molecule has 0 spiro atoms. The molecule has 43 heavy (non-hydrogen) atoms. The normalized spacial score (nSPS) is 13.9. The quantitative estimate of drug-likeness (QED) is 0.0637. The summed E-state index contributed by atoms with van der Waals surface area (Å²) in [7, 11) is 0. The van der Waals surface area contributed by atoms with Crippen LogP contribution in [0.25, 0.3) is 22.2 Å². The van der Waals surface area contributed by atoms with Gasteiger partial charge in [0.25, 0.3) is 5.91 Å². The molecule has 1 aromatic carbocycles. The monoisotopic (exact) mass is 600 g/mol. The highest BCUT2D eigenvalue weighted by atomic mass is 19.4. The number of alkyl halides is 3. The molecule has 1 aliphatic rings. The number of aromatic amines is 1. The summed E-state index contributed by atoms with van der Waals surface area (Å²) in [6.45, 7) is 0.155. The first kappa shape index (κ1) is 29.9. The number of hydrazine groups is 1. The summed E-state index contributed by atoms with van der Waals surface area (Å²) in [6, 6.07) is 6.31. The molecule has 1 amide bonds. The molecule has 0 bridgehead atoms. The molecule has 3 heterocycles. The van der Waals surface area contributed by atoms with E-state index < -0.39 is 29.3 Å². The maximum Gasteiger partial charge on any atom is 0.417 e. The number of fused-ring (bicyclic) bond motifs is 1. The van der Waals surface area contributed by atoms with Crippen LogP contribution in [0, 0.1) is 11.6 Å². The van der Waals surface area contributed by atoms with E-state index in [0.717, 1.165) is 36.1 Å². The molecule has 0 atom stereocenters. The van der Waals surface area contributed by atoms with Crippen LogP contribution in [0.1, 0.15) is 54.1 Å². The minimum absolute atomic E-state index is 0.167. The molecule has 0 aliphatic heterocycles. The Bertz CT molecular complexity index is 1660. The molecule has 14 heteroatoms. The van der Waals surface area contributed by atoms with Gasteiger partial charge in [0.2, 0.25) is 0 Å². The molecule has 4 aromatic rings.